The number of rotatable bonds is 3. The lowest BCUT2D eigenvalue weighted by atomic mass is 9.84. The fourth-order valence-electron chi connectivity index (χ4n) is 2.92. The van der Waals surface area contributed by atoms with E-state index < -0.39 is 0 Å². The molecule has 1 unspecified atom stereocenters. The van der Waals surface area contributed by atoms with Crippen molar-refractivity contribution in [2.45, 2.75) is 45.6 Å². The van der Waals surface area contributed by atoms with Crippen LogP contribution in [0.2, 0.25) is 0 Å². The Morgan fingerprint density at radius 1 is 1.19 bits per heavy atom. The highest BCUT2D eigenvalue weighted by atomic mass is 16.2. The van der Waals surface area contributed by atoms with E-state index in [1.54, 1.807) is 4.90 Å². The summed E-state index contributed by atoms with van der Waals surface area (Å²) >= 11 is 0. The number of carbonyl (C=O) groups excluding carboxylic acids is 2. The van der Waals surface area contributed by atoms with Gasteiger partial charge in [0.25, 0.3) is 0 Å². The number of hydrogen-bond acceptors (Lipinski definition) is 2. The summed E-state index contributed by atoms with van der Waals surface area (Å²) in [7, 11) is 0. The topological polar surface area (TPSA) is 49.4 Å². The summed E-state index contributed by atoms with van der Waals surface area (Å²) in [4.78, 5) is 26.3. The lowest BCUT2D eigenvalue weighted by Crippen LogP contribution is -2.45. The zero-order valence-electron chi connectivity index (χ0n) is 12.7. The number of benzene rings is 1. The van der Waals surface area contributed by atoms with Crippen molar-refractivity contribution in [1.29, 1.82) is 0 Å². The molecule has 2 amide bonds. The second-order valence-electron chi connectivity index (χ2n) is 6.24. The van der Waals surface area contributed by atoms with Gasteiger partial charge in [0.1, 0.15) is 6.04 Å². The summed E-state index contributed by atoms with van der Waals surface area (Å²) in [6.07, 6.45) is 3.76. The summed E-state index contributed by atoms with van der Waals surface area (Å²) in [6.45, 7) is 4.79. The first-order valence-corrected chi connectivity index (χ1v) is 7.75. The second kappa shape index (κ2) is 5.51. The SMILES string of the molecule is Cc1ccc(N2CCC(NC(=O)C3CCC3)C2=O)cc1C. The van der Waals surface area contributed by atoms with Crippen LogP contribution < -0.4 is 10.2 Å². The van der Waals surface area contributed by atoms with Gasteiger partial charge in [0.15, 0.2) is 0 Å². The van der Waals surface area contributed by atoms with E-state index in [0.717, 1.165) is 24.9 Å². The molecule has 1 saturated carbocycles. The van der Waals surface area contributed by atoms with Crippen LogP contribution in [0.5, 0.6) is 0 Å². The number of carbonyl (C=O) groups is 2. The smallest absolute Gasteiger partial charge is 0.249 e. The molecule has 1 aliphatic heterocycles. The molecular formula is C17H22N2O2. The van der Waals surface area contributed by atoms with Crippen LogP contribution in [0.3, 0.4) is 0 Å². The lowest BCUT2D eigenvalue weighted by Gasteiger charge is -2.25. The minimum absolute atomic E-state index is 0.0194. The van der Waals surface area contributed by atoms with E-state index in [0.29, 0.717) is 13.0 Å². The molecule has 0 spiro atoms. The van der Waals surface area contributed by atoms with Gasteiger partial charge in [-0.15, -0.1) is 0 Å². The van der Waals surface area contributed by atoms with Gasteiger partial charge in [-0.3, -0.25) is 9.59 Å². The summed E-state index contributed by atoms with van der Waals surface area (Å²) in [5.41, 5.74) is 3.34. The van der Waals surface area contributed by atoms with Gasteiger partial charge in [-0.05, 0) is 56.4 Å². The maximum Gasteiger partial charge on any atom is 0.249 e. The molecule has 112 valence electrons. The largest absolute Gasteiger partial charge is 0.344 e. The van der Waals surface area contributed by atoms with Gasteiger partial charge < -0.3 is 10.2 Å². The van der Waals surface area contributed by atoms with Crippen LogP contribution in [-0.2, 0) is 9.59 Å². The molecule has 1 aliphatic carbocycles. The molecule has 1 saturated heterocycles. The molecule has 4 heteroatoms. The standard InChI is InChI=1S/C17H22N2O2/c1-11-6-7-14(10-12(11)2)19-9-8-15(17(19)21)18-16(20)13-4-3-5-13/h6-7,10,13,15H,3-5,8-9H2,1-2H3,(H,18,20). The van der Waals surface area contributed by atoms with Crippen LogP contribution in [0.15, 0.2) is 18.2 Å². The van der Waals surface area contributed by atoms with Crippen molar-refractivity contribution in [3.63, 3.8) is 0 Å². The quantitative estimate of drug-likeness (QED) is 0.927. The van der Waals surface area contributed by atoms with Crippen LogP contribution >= 0.6 is 0 Å². The van der Waals surface area contributed by atoms with E-state index in [4.69, 9.17) is 0 Å². The fraction of sp³-hybridized carbons (Fsp3) is 0.529. The summed E-state index contributed by atoms with van der Waals surface area (Å²) in [6, 6.07) is 5.72. The number of aryl methyl sites for hydroxylation is 2. The number of anilines is 1. The van der Waals surface area contributed by atoms with Gasteiger partial charge in [-0.25, -0.2) is 0 Å². The first-order chi connectivity index (χ1) is 10.1. The van der Waals surface area contributed by atoms with Crippen molar-refractivity contribution in [2.75, 3.05) is 11.4 Å². The number of hydrogen-bond donors (Lipinski definition) is 1. The number of amides is 2. The monoisotopic (exact) mass is 286 g/mol. The highest BCUT2D eigenvalue weighted by Gasteiger charge is 2.36. The molecule has 0 aromatic heterocycles. The minimum Gasteiger partial charge on any atom is -0.344 e. The molecule has 0 bridgehead atoms. The minimum atomic E-state index is -0.347. The van der Waals surface area contributed by atoms with Gasteiger partial charge in [0, 0.05) is 18.2 Å². The maximum atomic E-state index is 12.5. The number of nitrogens with one attached hydrogen (secondary N) is 1. The molecular weight excluding hydrogens is 264 g/mol. The highest BCUT2D eigenvalue weighted by molar-refractivity contribution is 6.01. The summed E-state index contributed by atoms with van der Waals surface area (Å²) in [5.74, 6) is 0.209. The van der Waals surface area contributed by atoms with Crippen LogP contribution in [-0.4, -0.2) is 24.4 Å². The Morgan fingerprint density at radius 3 is 2.57 bits per heavy atom. The Kier molecular flexibility index (Phi) is 3.70. The van der Waals surface area contributed by atoms with Gasteiger partial charge in [-0.1, -0.05) is 12.5 Å². The third-order valence-corrected chi connectivity index (χ3v) is 4.80. The Morgan fingerprint density at radius 2 is 1.95 bits per heavy atom. The molecule has 2 fully saturated rings. The van der Waals surface area contributed by atoms with E-state index in [-0.39, 0.29) is 23.8 Å². The van der Waals surface area contributed by atoms with Gasteiger partial charge in [0.2, 0.25) is 11.8 Å². The molecule has 1 aromatic carbocycles. The molecule has 1 atom stereocenters. The normalized spacial score (nSPS) is 22.3. The van der Waals surface area contributed by atoms with E-state index >= 15 is 0 Å². The van der Waals surface area contributed by atoms with Crippen LogP contribution in [0.4, 0.5) is 5.69 Å². The van der Waals surface area contributed by atoms with E-state index in [2.05, 4.69) is 19.2 Å². The van der Waals surface area contributed by atoms with Crippen LogP contribution in [0.1, 0.15) is 36.8 Å². The van der Waals surface area contributed by atoms with E-state index in [1.807, 2.05) is 18.2 Å². The van der Waals surface area contributed by atoms with Crippen molar-refractivity contribution < 1.29 is 9.59 Å². The van der Waals surface area contributed by atoms with E-state index in [9.17, 15) is 9.59 Å². The Labute approximate surface area is 125 Å². The van der Waals surface area contributed by atoms with Crippen molar-refractivity contribution in [1.82, 2.24) is 5.32 Å². The first-order valence-electron chi connectivity index (χ1n) is 7.75. The molecule has 0 radical (unpaired) electrons. The van der Waals surface area contributed by atoms with E-state index in [1.165, 1.54) is 11.1 Å². The molecule has 3 rings (SSSR count). The van der Waals surface area contributed by atoms with Crippen LogP contribution in [0, 0.1) is 19.8 Å². The average Bonchev–Trinajstić information content (AvgIpc) is 2.72. The predicted molar refractivity (Wildman–Crippen MR) is 82.2 cm³/mol. The van der Waals surface area contributed by atoms with Gasteiger partial charge in [0.05, 0.1) is 0 Å². The number of nitrogens with zero attached hydrogens (tertiary/aromatic N) is 1. The van der Waals surface area contributed by atoms with Gasteiger partial charge >= 0.3 is 0 Å². The van der Waals surface area contributed by atoms with Gasteiger partial charge in [-0.2, -0.15) is 0 Å². The van der Waals surface area contributed by atoms with Crippen molar-refractivity contribution in [3.8, 4) is 0 Å². The maximum absolute atomic E-state index is 12.5. The van der Waals surface area contributed by atoms with Crippen LogP contribution in [0.25, 0.3) is 0 Å². The molecule has 1 N–H and O–H groups in total. The lowest BCUT2D eigenvalue weighted by molar-refractivity contribution is -0.131. The first kappa shape index (κ1) is 14.1. The average molecular weight is 286 g/mol. The Bertz CT molecular complexity index is 578. The molecule has 4 nitrogen and oxygen atoms in total. The Balaban J connectivity index is 1.67. The summed E-state index contributed by atoms with van der Waals surface area (Å²) in [5, 5.41) is 2.93. The highest BCUT2D eigenvalue weighted by Crippen LogP contribution is 2.28. The molecule has 1 aromatic rings. The second-order valence-corrected chi connectivity index (χ2v) is 6.24. The zero-order valence-corrected chi connectivity index (χ0v) is 12.7. The summed E-state index contributed by atoms with van der Waals surface area (Å²) < 4.78 is 0. The van der Waals surface area contributed by atoms with Crippen molar-refractivity contribution in [3.05, 3.63) is 29.3 Å². The van der Waals surface area contributed by atoms with Crippen molar-refractivity contribution in [2.24, 2.45) is 5.92 Å². The molecule has 1 heterocycles. The molecule has 2 aliphatic rings. The fourth-order valence-corrected chi connectivity index (χ4v) is 2.92. The third kappa shape index (κ3) is 2.67. The van der Waals surface area contributed by atoms with Crippen molar-refractivity contribution >= 4 is 17.5 Å². The zero-order chi connectivity index (χ0) is 15.0. The predicted octanol–water partition coefficient (Wildman–Crippen LogP) is 2.33. The molecule has 21 heavy (non-hydrogen) atoms. The third-order valence-electron chi connectivity index (χ3n) is 4.80. The Hall–Kier alpha value is -1.84.